The van der Waals surface area contributed by atoms with Gasteiger partial charge in [0.1, 0.15) is 6.29 Å². The molecule has 1 rings (SSSR count). The zero-order chi connectivity index (χ0) is 10.7. The summed E-state index contributed by atoms with van der Waals surface area (Å²) in [5, 5.41) is 10.3. The number of nitro benzene ring substituents is 1. The summed E-state index contributed by atoms with van der Waals surface area (Å²) < 4.78 is 13.0. The molecule has 0 saturated heterocycles. The fourth-order valence-electron chi connectivity index (χ4n) is 1.03. The topological polar surface area (TPSA) is 60.2 Å². The molecule has 1 aromatic carbocycles. The van der Waals surface area contributed by atoms with E-state index in [2.05, 4.69) is 0 Å². The lowest BCUT2D eigenvalue weighted by Crippen LogP contribution is -1.98. The van der Waals surface area contributed by atoms with Crippen LogP contribution in [0.5, 0.6) is 0 Å². The fraction of sp³-hybridized carbons (Fsp3) is 0.222. The van der Waals surface area contributed by atoms with Crippen molar-refractivity contribution in [2.45, 2.75) is 12.8 Å². The quantitative estimate of drug-likeness (QED) is 0.423. The van der Waals surface area contributed by atoms with Crippen molar-refractivity contribution in [2.75, 3.05) is 0 Å². The van der Waals surface area contributed by atoms with E-state index < -0.39 is 22.3 Å². The Kier molecular flexibility index (Phi) is 2.91. The number of carbonyl (C=O) groups excluding carboxylic acids is 1. The van der Waals surface area contributed by atoms with Gasteiger partial charge in [0.15, 0.2) is 0 Å². The van der Waals surface area contributed by atoms with Crippen molar-refractivity contribution in [1.29, 1.82) is 0 Å². The molecular formula is C9H8FNO3. The van der Waals surface area contributed by atoms with E-state index >= 15 is 0 Å². The van der Waals surface area contributed by atoms with Crippen molar-refractivity contribution >= 4 is 12.0 Å². The molecule has 0 N–H and O–H groups in total. The standard InChI is InChI=1S/C9H8FNO3/c1-6(5-12)7-2-3-9(11(13)14)8(10)4-7/h2-6H,1H3. The minimum Gasteiger partial charge on any atom is -0.303 e. The van der Waals surface area contributed by atoms with Gasteiger partial charge in [0.2, 0.25) is 5.82 Å². The number of rotatable bonds is 3. The molecule has 0 heterocycles. The summed E-state index contributed by atoms with van der Waals surface area (Å²) in [6.45, 7) is 1.59. The van der Waals surface area contributed by atoms with Crippen LogP contribution in [0.25, 0.3) is 0 Å². The Morgan fingerprint density at radius 2 is 2.21 bits per heavy atom. The summed E-state index contributed by atoms with van der Waals surface area (Å²) in [6.07, 6.45) is 0.653. The monoisotopic (exact) mass is 197 g/mol. The van der Waals surface area contributed by atoms with Gasteiger partial charge in [-0.25, -0.2) is 0 Å². The third kappa shape index (κ3) is 1.93. The lowest BCUT2D eigenvalue weighted by atomic mass is 10.0. The molecule has 0 radical (unpaired) electrons. The first-order valence-electron chi connectivity index (χ1n) is 3.95. The second kappa shape index (κ2) is 3.95. The molecule has 0 amide bonds. The second-order valence-electron chi connectivity index (χ2n) is 2.89. The van der Waals surface area contributed by atoms with Crippen LogP contribution < -0.4 is 0 Å². The molecule has 4 nitrogen and oxygen atoms in total. The summed E-state index contributed by atoms with van der Waals surface area (Å²) >= 11 is 0. The number of hydrogen-bond acceptors (Lipinski definition) is 3. The van der Waals surface area contributed by atoms with E-state index in [-0.39, 0.29) is 0 Å². The molecule has 74 valence electrons. The Morgan fingerprint density at radius 1 is 1.57 bits per heavy atom. The Bertz CT molecular complexity index is 378. The fourth-order valence-corrected chi connectivity index (χ4v) is 1.03. The van der Waals surface area contributed by atoms with Gasteiger partial charge in [-0.15, -0.1) is 0 Å². The molecule has 1 unspecified atom stereocenters. The number of nitrogens with zero attached hydrogens (tertiary/aromatic N) is 1. The smallest absolute Gasteiger partial charge is 0.303 e. The molecular weight excluding hydrogens is 189 g/mol. The second-order valence-corrected chi connectivity index (χ2v) is 2.89. The van der Waals surface area contributed by atoms with Gasteiger partial charge in [0, 0.05) is 12.0 Å². The van der Waals surface area contributed by atoms with Crippen molar-refractivity contribution in [3.05, 3.63) is 39.7 Å². The van der Waals surface area contributed by atoms with Crippen LogP contribution in [0, 0.1) is 15.9 Å². The van der Waals surface area contributed by atoms with Gasteiger partial charge in [-0.05, 0) is 11.6 Å². The molecule has 0 aliphatic heterocycles. The van der Waals surface area contributed by atoms with Gasteiger partial charge in [-0.2, -0.15) is 4.39 Å². The summed E-state index contributed by atoms with van der Waals surface area (Å²) in [6, 6.07) is 3.45. The molecule has 0 aromatic heterocycles. The summed E-state index contributed by atoms with van der Waals surface area (Å²) in [4.78, 5) is 19.8. The number of aldehydes is 1. The van der Waals surface area contributed by atoms with Gasteiger partial charge < -0.3 is 4.79 Å². The molecule has 0 aliphatic carbocycles. The van der Waals surface area contributed by atoms with Gasteiger partial charge in [0.05, 0.1) is 4.92 Å². The van der Waals surface area contributed by atoms with Gasteiger partial charge >= 0.3 is 5.69 Å². The molecule has 14 heavy (non-hydrogen) atoms. The van der Waals surface area contributed by atoms with Crippen molar-refractivity contribution in [2.24, 2.45) is 0 Å². The van der Waals surface area contributed by atoms with Gasteiger partial charge in [-0.3, -0.25) is 10.1 Å². The van der Waals surface area contributed by atoms with Crippen LogP contribution in [0.4, 0.5) is 10.1 Å². The minimum absolute atomic E-state index is 0.433. The molecule has 5 heteroatoms. The van der Waals surface area contributed by atoms with Crippen LogP contribution in [0.15, 0.2) is 18.2 Å². The van der Waals surface area contributed by atoms with Crippen molar-refractivity contribution in [3.63, 3.8) is 0 Å². The number of carbonyl (C=O) groups is 1. The number of nitro groups is 1. The SMILES string of the molecule is CC(C=O)c1ccc([N+](=O)[O-])c(F)c1. The van der Waals surface area contributed by atoms with E-state index in [0.717, 1.165) is 12.1 Å². The first-order valence-corrected chi connectivity index (χ1v) is 3.95. The van der Waals surface area contributed by atoms with Crippen LogP contribution in [-0.4, -0.2) is 11.2 Å². The molecule has 1 atom stereocenters. The number of benzene rings is 1. The molecule has 0 bridgehead atoms. The van der Waals surface area contributed by atoms with E-state index in [1.165, 1.54) is 6.07 Å². The van der Waals surface area contributed by atoms with E-state index in [0.29, 0.717) is 11.8 Å². The van der Waals surface area contributed by atoms with Gasteiger partial charge in [-0.1, -0.05) is 13.0 Å². The Morgan fingerprint density at radius 3 is 2.64 bits per heavy atom. The number of halogens is 1. The molecule has 0 saturated carbocycles. The maximum Gasteiger partial charge on any atom is 0.304 e. The molecule has 0 spiro atoms. The number of hydrogen-bond donors (Lipinski definition) is 0. The van der Waals surface area contributed by atoms with Crippen LogP contribution in [0.3, 0.4) is 0 Å². The van der Waals surface area contributed by atoms with Gasteiger partial charge in [0.25, 0.3) is 0 Å². The highest BCUT2D eigenvalue weighted by Gasteiger charge is 2.15. The Hall–Kier alpha value is -1.78. The van der Waals surface area contributed by atoms with Crippen LogP contribution in [0.1, 0.15) is 18.4 Å². The summed E-state index contributed by atoms with van der Waals surface area (Å²) in [5.41, 5.74) is -0.144. The van der Waals surface area contributed by atoms with Crippen molar-refractivity contribution in [1.82, 2.24) is 0 Å². The molecule has 0 fully saturated rings. The van der Waals surface area contributed by atoms with E-state index in [1.807, 2.05) is 0 Å². The zero-order valence-corrected chi connectivity index (χ0v) is 7.44. The maximum atomic E-state index is 13.0. The largest absolute Gasteiger partial charge is 0.304 e. The van der Waals surface area contributed by atoms with Crippen molar-refractivity contribution < 1.29 is 14.1 Å². The third-order valence-corrected chi connectivity index (χ3v) is 1.90. The Labute approximate surface area is 79.5 Å². The summed E-state index contributed by atoms with van der Waals surface area (Å²) in [5.74, 6) is -1.37. The molecule has 1 aromatic rings. The highest BCUT2D eigenvalue weighted by molar-refractivity contribution is 5.61. The maximum absolute atomic E-state index is 13.0. The molecule has 0 aliphatic rings. The summed E-state index contributed by atoms with van der Waals surface area (Å²) in [7, 11) is 0. The van der Waals surface area contributed by atoms with Crippen LogP contribution >= 0.6 is 0 Å². The first kappa shape index (κ1) is 10.3. The minimum atomic E-state index is -0.916. The lowest BCUT2D eigenvalue weighted by molar-refractivity contribution is -0.387. The third-order valence-electron chi connectivity index (χ3n) is 1.90. The highest BCUT2D eigenvalue weighted by Crippen LogP contribution is 2.21. The zero-order valence-electron chi connectivity index (χ0n) is 7.44. The predicted octanol–water partition coefficient (Wildman–Crippen LogP) is 2.04. The Balaban J connectivity index is 3.12. The van der Waals surface area contributed by atoms with E-state index in [4.69, 9.17) is 0 Å². The van der Waals surface area contributed by atoms with E-state index in [1.54, 1.807) is 6.92 Å². The normalized spacial score (nSPS) is 12.1. The average molecular weight is 197 g/mol. The van der Waals surface area contributed by atoms with Crippen LogP contribution in [0.2, 0.25) is 0 Å². The highest BCUT2D eigenvalue weighted by atomic mass is 19.1. The first-order chi connectivity index (χ1) is 6.56. The van der Waals surface area contributed by atoms with E-state index in [9.17, 15) is 19.3 Å². The van der Waals surface area contributed by atoms with Crippen LogP contribution in [-0.2, 0) is 4.79 Å². The van der Waals surface area contributed by atoms with Crippen molar-refractivity contribution in [3.8, 4) is 0 Å². The average Bonchev–Trinajstić information content (AvgIpc) is 2.15. The lowest BCUT2D eigenvalue weighted by Gasteiger charge is -2.03. The predicted molar refractivity (Wildman–Crippen MR) is 47.5 cm³/mol.